The largest absolute Gasteiger partial charge is 0.508 e. The lowest BCUT2D eigenvalue weighted by Crippen LogP contribution is -2.46. The first-order valence-corrected chi connectivity index (χ1v) is 8.75. The van der Waals surface area contributed by atoms with Crippen molar-refractivity contribution in [1.29, 1.82) is 0 Å². The van der Waals surface area contributed by atoms with Crippen molar-refractivity contribution in [2.45, 2.75) is 42.7 Å². The van der Waals surface area contributed by atoms with Gasteiger partial charge in [-0.2, -0.15) is 0 Å². The van der Waals surface area contributed by atoms with E-state index in [0.29, 0.717) is 22.3 Å². The quantitative estimate of drug-likeness (QED) is 0.539. The highest BCUT2D eigenvalue weighted by atomic mass is 16.6. The smallest absolute Gasteiger partial charge is 0.167 e. The van der Waals surface area contributed by atoms with Crippen molar-refractivity contribution in [2.75, 3.05) is 0 Å². The van der Waals surface area contributed by atoms with E-state index in [1.165, 1.54) is 12.1 Å². The van der Waals surface area contributed by atoms with Crippen molar-refractivity contribution >= 4 is 5.78 Å². The molecule has 0 radical (unpaired) electrons. The van der Waals surface area contributed by atoms with Crippen LogP contribution in [-0.2, 0) is 10.3 Å². The van der Waals surface area contributed by atoms with Gasteiger partial charge in [0.1, 0.15) is 29.3 Å². The second-order valence-electron chi connectivity index (χ2n) is 7.68. The molecule has 1 fully saturated rings. The predicted molar refractivity (Wildman–Crippen MR) is 89.0 cm³/mol. The molecular weight excluding hydrogens is 336 g/mol. The monoisotopic (exact) mass is 352 g/mol. The molecular formula is C20H16O6. The van der Waals surface area contributed by atoms with E-state index in [-0.39, 0.29) is 41.8 Å². The number of phenols is 2. The number of aromatic hydroxyl groups is 2. The lowest BCUT2D eigenvalue weighted by atomic mass is 9.58. The van der Waals surface area contributed by atoms with E-state index in [2.05, 4.69) is 0 Å². The van der Waals surface area contributed by atoms with Crippen LogP contribution in [0.1, 0.15) is 51.9 Å². The fourth-order valence-electron chi connectivity index (χ4n) is 5.42. The zero-order valence-electron chi connectivity index (χ0n) is 13.6. The van der Waals surface area contributed by atoms with E-state index in [9.17, 15) is 25.2 Å². The zero-order valence-corrected chi connectivity index (χ0v) is 13.6. The summed E-state index contributed by atoms with van der Waals surface area (Å²) in [7, 11) is 0. The Morgan fingerprint density at radius 2 is 1.73 bits per heavy atom. The molecule has 6 rings (SSSR count). The third-order valence-corrected chi connectivity index (χ3v) is 6.51. The molecule has 2 aromatic rings. The number of rotatable bonds is 0. The van der Waals surface area contributed by atoms with Crippen LogP contribution in [0.25, 0.3) is 11.1 Å². The molecule has 0 saturated carbocycles. The number of epoxide rings is 1. The number of hydrogen-bond donors (Lipinski definition) is 4. The Morgan fingerprint density at radius 1 is 1.00 bits per heavy atom. The molecule has 4 aliphatic rings. The summed E-state index contributed by atoms with van der Waals surface area (Å²) in [5.74, 6) is -0.823. The Bertz CT molecular complexity index is 1030. The van der Waals surface area contributed by atoms with Crippen molar-refractivity contribution in [3.63, 3.8) is 0 Å². The Labute approximate surface area is 148 Å². The van der Waals surface area contributed by atoms with Gasteiger partial charge in [-0.25, -0.2) is 0 Å². The number of phenolic OH excluding ortho intramolecular Hbond substituents is 2. The van der Waals surface area contributed by atoms with Crippen LogP contribution >= 0.6 is 0 Å². The molecule has 1 saturated heterocycles. The molecule has 3 aliphatic carbocycles. The van der Waals surface area contributed by atoms with E-state index in [1.807, 2.05) is 0 Å². The molecule has 6 heteroatoms. The van der Waals surface area contributed by atoms with Crippen molar-refractivity contribution in [3.05, 3.63) is 46.5 Å². The van der Waals surface area contributed by atoms with Gasteiger partial charge in [0.25, 0.3) is 0 Å². The van der Waals surface area contributed by atoms with Crippen molar-refractivity contribution in [1.82, 2.24) is 0 Å². The van der Waals surface area contributed by atoms with Gasteiger partial charge in [-0.05, 0) is 35.2 Å². The van der Waals surface area contributed by atoms with E-state index in [4.69, 9.17) is 4.74 Å². The number of ether oxygens (including phenoxy) is 1. The first-order chi connectivity index (χ1) is 12.4. The normalized spacial score (nSPS) is 35.4. The maximum Gasteiger partial charge on any atom is 0.167 e. The average molecular weight is 352 g/mol. The van der Waals surface area contributed by atoms with E-state index >= 15 is 0 Å². The molecule has 2 aromatic carbocycles. The van der Waals surface area contributed by atoms with Gasteiger partial charge in [0.05, 0.1) is 11.7 Å². The summed E-state index contributed by atoms with van der Waals surface area (Å²) in [5, 5.41) is 43.0. The fraction of sp³-hybridized carbons (Fsp3) is 0.350. The maximum absolute atomic E-state index is 12.5. The summed E-state index contributed by atoms with van der Waals surface area (Å²) < 4.78 is 5.68. The summed E-state index contributed by atoms with van der Waals surface area (Å²) in [6, 6.07) is 6.41. The average Bonchev–Trinajstić information content (AvgIpc) is 3.40. The van der Waals surface area contributed by atoms with Gasteiger partial charge in [0.2, 0.25) is 0 Å². The van der Waals surface area contributed by atoms with Crippen molar-refractivity contribution in [3.8, 4) is 22.6 Å². The maximum atomic E-state index is 12.5. The minimum Gasteiger partial charge on any atom is -0.508 e. The lowest BCUT2D eigenvalue weighted by Gasteiger charge is -2.47. The van der Waals surface area contributed by atoms with Gasteiger partial charge in [-0.1, -0.05) is 12.1 Å². The summed E-state index contributed by atoms with van der Waals surface area (Å²) >= 11 is 0. The standard InChI is InChI=1S/C20H16O6/c21-9-4-2-8-7-1-3-10(22)14-12(7)16(18-19(26-18)17(14)24)20(25)6-5-11(23)13(9)15(8)20/h1-4,16-19,21-22,24-25H,5-6H2/t16-,17-,18-,19+,20+/m1/s1. The van der Waals surface area contributed by atoms with Gasteiger partial charge in [-0.15, -0.1) is 0 Å². The number of carbonyl (C=O) groups is 1. The van der Waals surface area contributed by atoms with Crippen LogP contribution < -0.4 is 0 Å². The molecule has 0 amide bonds. The highest BCUT2D eigenvalue weighted by Gasteiger charge is 2.65. The molecule has 1 heterocycles. The topological polar surface area (TPSA) is 111 Å². The van der Waals surface area contributed by atoms with Gasteiger partial charge in [0.15, 0.2) is 5.78 Å². The van der Waals surface area contributed by atoms with Crippen LogP contribution in [0.15, 0.2) is 24.3 Å². The Morgan fingerprint density at radius 3 is 2.54 bits per heavy atom. The molecule has 1 aliphatic heterocycles. The number of benzene rings is 2. The van der Waals surface area contributed by atoms with Gasteiger partial charge in [0, 0.05) is 23.5 Å². The lowest BCUT2D eigenvalue weighted by molar-refractivity contribution is -0.0192. The Balaban J connectivity index is 1.79. The van der Waals surface area contributed by atoms with Gasteiger partial charge >= 0.3 is 0 Å². The van der Waals surface area contributed by atoms with E-state index in [1.54, 1.807) is 12.1 Å². The fourth-order valence-corrected chi connectivity index (χ4v) is 5.42. The second-order valence-corrected chi connectivity index (χ2v) is 7.68. The molecule has 4 N–H and O–H groups in total. The van der Waals surface area contributed by atoms with Crippen LogP contribution in [0.3, 0.4) is 0 Å². The zero-order chi connectivity index (χ0) is 18.0. The van der Waals surface area contributed by atoms with E-state index in [0.717, 1.165) is 5.56 Å². The molecule has 26 heavy (non-hydrogen) atoms. The van der Waals surface area contributed by atoms with Crippen LogP contribution in [0.5, 0.6) is 11.5 Å². The number of aliphatic hydroxyl groups is 2. The number of carbonyl (C=O) groups excluding carboxylic acids is 1. The number of fused-ring (bicyclic) bond motifs is 4. The highest BCUT2D eigenvalue weighted by Crippen LogP contribution is 2.65. The first kappa shape index (κ1) is 14.7. The van der Waals surface area contributed by atoms with Crippen LogP contribution in [0.4, 0.5) is 0 Å². The Kier molecular flexibility index (Phi) is 2.43. The second kappa shape index (κ2) is 4.28. The summed E-state index contributed by atoms with van der Waals surface area (Å²) in [6.07, 6.45) is -1.45. The third-order valence-electron chi connectivity index (χ3n) is 6.51. The number of aliphatic hydroxyl groups excluding tert-OH is 1. The highest BCUT2D eigenvalue weighted by molar-refractivity contribution is 6.04. The molecule has 6 nitrogen and oxygen atoms in total. The molecule has 5 atom stereocenters. The van der Waals surface area contributed by atoms with Gasteiger partial charge in [-0.3, -0.25) is 4.79 Å². The molecule has 0 unspecified atom stereocenters. The molecule has 0 bridgehead atoms. The van der Waals surface area contributed by atoms with Crippen LogP contribution in [0, 0.1) is 0 Å². The number of hydrogen-bond acceptors (Lipinski definition) is 6. The first-order valence-electron chi connectivity index (χ1n) is 8.75. The molecule has 0 spiro atoms. The van der Waals surface area contributed by atoms with E-state index < -0.39 is 23.7 Å². The number of ketones is 1. The summed E-state index contributed by atoms with van der Waals surface area (Å²) in [4.78, 5) is 12.5. The summed E-state index contributed by atoms with van der Waals surface area (Å²) in [6.45, 7) is 0. The summed E-state index contributed by atoms with van der Waals surface area (Å²) in [5.41, 5.74) is 1.76. The van der Waals surface area contributed by atoms with Crippen molar-refractivity contribution < 1.29 is 30.0 Å². The number of Topliss-reactive ketones (excluding diaryl/α,β-unsaturated/α-hetero) is 1. The molecule has 132 valence electrons. The SMILES string of the molecule is O=C1CC[C@]2(O)c3c(ccc(O)c31)-c1ccc(O)c3c1[C@@H]2[C@H]1O[C@H]1[C@@H]3O. The van der Waals surface area contributed by atoms with Crippen molar-refractivity contribution in [2.24, 2.45) is 0 Å². The van der Waals surface area contributed by atoms with Gasteiger partial charge < -0.3 is 25.2 Å². The molecule has 0 aromatic heterocycles. The predicted octanol–water partition coefficient (Wildman–Crippen LogP) is 1.84. The van der Waals surface area contributed by atoms with Crippen LogP contribution in [0.2, 0.25) is 0 Å². The van der Waals surface area contributed by atoms with Crippen LogP contribution in [-0.4, -0.2) is 38.4 Å². The Hall–Kier alpha value is -2.41. The minimum absolute atomic E-state index is 0.0202. The minimum atomic E-state index is -1.38. The third kappa shape index (κ3) is 1.44.